The summed E-state index contributed by atoms with van der Waals surface area (Å²) >= 11 is 0. The van der Waals surface area contributed by atoms with Crippen LogP contribution >= 0.6 is 0 Å². The maximum atomic E-state index is 13.0. The zero-order chi connectivity index (χ0) is 23.6. The average Bonchev–Trinajstić information content (AvgIpc) is 2.85. The number of hydrogen-bond donors (Lipinski definition) is 0. The minimum Gasteiger partial charge on any atom is -0.338 e. The van der Waals surface area contributed by atoms with Crippen LogP contribution < -0.4 is 5.56 Å². The highest BCUT2D eigenvalue weighted by Gasteiger charge is 2.30. The van der Waals surface area contributed by atoms with Gasteiger partial charge >= 0.3 is 0 Å². The Bertz CT molecular complexity index is 1310. The molecule has 0 bridgehead atoms. The maximum absolute atomic E-state index is 13.0. The topological polar surface area (TPSA) is 92.6 Å². The van der Waals surface area contributed by atoms with E-state index in [1.54, 1.807) is 41.4 Å². The molecule has 1 aliphatic heterocycles. The molecule has 1 aromatic heterocycles. The molecule has 0 saturated carbocycles. The van der Waals surface area contributed by atoms with Gasteiger partial charge in [-0.1, -0.05) is 44.2 Å². The van der Waals surface area contributed by atoms with Crippen LogP contribution in [0.3, 0.4) is 0 Å². The highest BCUT2D eigenvalue weighted by atomic mass is 32.2. The Morgan fingerprint density at radius 1 is 1.03 bits per heavy atom. The van der Waals surface area contributed by atoms with E-state index in [9.17, 15) is 18.0 Å². The van der Waals surface area contributed by atoms with E-state index >= 15 is 0 Å². The van der Waals surface area contributed by atoms with Gasteiger partial charge in [0.15, 0.2) is 0 Å². The molecular weight excluding hydrogens is 440 g/mol. The van der Waals surface area contributed by atoms with Gasteiger partial charge in [-0.05, 0) is 36.1 Å². The van der Waals surface area contributed by atoms with Crippen LogP contribution in [-0.2, 0) is 21.4 Å². The molecule has 0 radical (unpaired) electrons. The van der Waals surface area contributed by atoms with Crippen LogP contribution in [0.1, 0.15) is 31.7 Å². The first-order chi connectivity index (χ1) is 15.8. The first-order valence-corrected chi connectivity index (χ1v) is 12.6. The summed E-state index contributed by atoms with van der Waals surface area (Å²) in [4.78, 5) is 27.2. The van der Waals surface area contributed by atoms with Crippen molar-refractivity contribution in [2.75, 3.05) is 26.2 Å². The van der Waals surface area contributed by atoms with Gasteiger partial charge in [-0.2, -0.15) is 9.40 Å². The number of piperazine rings is 1. The number of fused-ring (bicyclic) bond motifs is 1. The summed E-state index contributed by atoms with van der Waals surface area (Å²) in [5.41, 5.74) is 0.799. The second kappa shape index (κ2) is 9.44. The van der Waals surface area contributed by atoms with Crippen molar-refractivity contribution in [1.29, 1.82) is 0 Å². The Labute approximate surface area is 193 Å². The normalized spacial score (nSPS) is 16.1. The summed E-state index contributed by atoms with van der Waals surface area (Å²) in [6, 6.07) is 14.2. The van der Waals surface area contributed by atoms with Gasteiger partial charge in [-0.15, -0.1) is 0 Å². The molecule has 1 aliphatic rings. The van der Waals surface area contributed by atoms with Gasteiger partial charge in [0, 0.05) is 31.6 Å². The maximum Gasteiger partial charge on any atom is 0.275 e. The van der Waals surface area contributed by atoms with Gasteiger partial charge in [0.25, 0.3) is 5.56 Å². The molecule has 1 atom stereocenters. The lowest BCUT2D eigenvalue weighted by molar-refractivity contribution is -0.133. The van der Waals surface area contributed by atoms with Crippen LogP contribution in [0.25, 0.3) is 10.8 Å². The first-order valence-electron chi connectivity index (χ1n) is 11.1. The SMILES string of the molecule is CC[C@H](C)c1ccc(S(=O)(=O)N2CCN(C(=O)Cn3ncc4ccccc4c3=O)CC2)cc1. The number of carbonyl (C=O) groups is 1. The minimum absolute atomic E-state index is 0.173. The molecule has 4 rings (SSSR count). The third-order valence-corrected chi connectivity index (χ3v) is 8.25. The van der Waals surface area contributed by atoms with Gasteiger partial charge < -0.3 is 4.90 Å². The summed E-state index contributed by atoms with van der Waals surface area (Å²) in [7, 11) is -3.62. The molecule has 0 spiro atoms. The number of benzene rings is 2. The Morgan fingerprint density at radius 3 is 2.36 bits per heavy atom. The molecule has 8 nitrogen and oxygen atoms in total. The van der Waals surface area contributed by atoms with E-state index in [4.69, 9.17) is 0 Å². The van der Waals surface area contributed by atoms with Crippen LogP contribution in [0.4, 0.5) is 0 Å². The molecule has 2 aromatic carbocycles. The van der Waals surface area contributed by atoms with E-state index in [-0.39, 0.29) is 49.1 Å². The van der Waals surface area contributed by atoms with Crippen LogP contribution in [0.15, 0.2) is 64.4 Å². The lowest BCUT2D eigenvalue weighted by Gasteiger charge is -2.34. The average molecular weight is 469 g/mol. The van der Waals surface area contributed by atoms with E-state index in [0.717, 1.165) is 22.1 Å². The standard InChI is InChI=1S/C24H28N4O4S/c1-3-18(2)19-8-10-21(11-9-19)33(31,32)27-14-12-26(13-15-27)23(29)17-28-24(30)22-7-5-4-6-20(22)16-25-28/h4-11,16,18H,3,12-15,17H2,1-2H3/t18-/m0/s1. The molecule has 1 fully saturated rings. The summed E-state index contributed by atoms with van der Waals surface area (Å²) < 4.78 is 28.7. The second-order valence-corrected chi connectivity index (χ2v) is 10.3. The fourth-order valence-electron chi connectivity index (χ4n) is 4.00. The molecule has 3 aromatic rings. The van der Waals surface area contributed by atoms with Crippen molar-refractivity contribution in [2.24, 2.45) is 0 Å². The number of hydrogen-bond acceptors (Lipinski definition) is 5. The molecule has 174 valence electrons. The smallest absolute Gasteiger partial charge is 0.275 e. The predicted octanol–water partition coefficient (Wildman–Crippen LogP) is 2.44. The third-order valence-electron chi connectivity index (χ3n) is 6.34. The lowest BCUT2D eigenvalue weighted by atomic mass is 9.99. The molecule has 1 amide bonds. The monoisotopic (exact) mass is 468 g/mol. The van der Waals surface area contributed by atoms with E-state index in [2.05, 4.69) is 18.9 Å². The number of nitrogens with zero attached hydrogens (tertiary/aromatic N) is 4. The van der Waals surface area contributed by atoms with Gasteiger partial charge in [0.1, 0.15) is 6.54 Å². The Balaban J connectivity index is 1.40. The van der Waals surface area contributed by atoms with Crippen molar-refractivity contribution in [3.8, 4) is 0 Å². The number of amides is 1. The highest BCUT2D eigenvalue weighted by Crippen LogP contribution is 2.23. The summed E-state index contributed by atoms with van der Waals surface area (Å²) in [5.74, 6) is 0.121. The lowest BCUT2D eigenvalue weighted by Crippen LogP contribution is -2.51. The Kier molecular flexibility index (Phi) is 6.62. The highest BCUT2D eigenvalue weighted by molar-refractivity contribution is 7.89. The number of sulfonamides is 1. The summed E-state index contributed by atoms with van der Waals surface area (Å²) in [5, 5.41) is 5.35. The van der Waals surface area contributed by atoms with E-state index in [0.29, 0.717) is 11.3 Å². The van der Waals surface area contributed by atoms with Crippen molar-refractivity contribution in [2.45, 2.75) is 37.6 Å². The third kappa shape index (κ3) is 4.69. The molecular formula is C24H28N4O4S. The van der Waals surface area contributed by atoms with Crippen LogP contribution in [0.2, 0.25) is 0 Å². The summed E-state index contributed by atoms with van der Waals surface area (Å²) in [6.07, 6.45) is 2.56. The fraction of sp³-hybridized carbons (Fsp3) is 0.375. The van der Waals surface area contributed by atoms with Crippen molar-refractivity contribution < 1.29 is 13.2 Å². The van der Waals surface area contributed by atoms with E-state index in [1.807, 2.05) is 18.2 Å². The van der Waals surface area contributed by atoms with E-state index in [1.165, 1.54) is 4.31 Å². The first kappa shape index (κ1) is 23.1. The van der Waals surface area contributed by atoms with Gasteiger partial charge in [0.05, 0.1) is 16.5 Å². The molecule has 0 aliphatic carbocycles. The molecule has 0 N–H and O–H groups in total. The van der Waals surface area contributed by atoms with Crippen molar-refractivity contribution >= 4 is 26.7 Å². The number of aromatic nitrogens is 2. The molecule has 0 unspecified atom stereocenters. The van der Waals surface area contributed by atoms with Gasteiger partial charge in [-0.25, -0.2) is 13.1 Å². The zero-order valence-corrected chi connectivity index (χ0v) is 19.7. The zero-order valence-electron chi connectivity index (χ0n) is 18.8. The molecule has 1 saturated heterocycles. The Hall–Kier alpha value is -3.04. The number of carbonyl (C=O) groups excluding carboxylic acids is 1. The molecule has 33 heavy (non-hydrogen) atoms. The van der Waals surface area contributed by atoms with Crippen molar-refractivity contribution in [3.63, 3.8) is 0 Å². The fourth-order valence-corrected chi connectivity index (χ4v) is 5.42. The van der Waals surface area contributed by atoms with Crippen LogP contribution in [-0.4, -0.2) is 59.5 Å². The van der Waals surface area contributed by atoms with Crippen molar-refractivity contribution in [1.82, 2.24) is 19.0 Å². The largest absolute Gasteiger partial charge is 0.338 e. The summed E-state index contributed by atoms with van der Waals surface area (Å²) in [6.45, 7) is 5.00. The quantitative estimate of drug-likeness (QED) is 0.554. The van der Waals surface area contributed by atoms with Gasteiger partial charge in [-0.3, -0.25) is 9.59 Å². The number of rotatable bonds is 6. The molecule has 2 heterocycles. The minimum atomic E-state index is -3.62. The second-order valence-electron chi connectivity index (χ2n) is 8.36. The van der Waals surface area contributed by atoms with Crippen molar-refractivity contribution in [3.05, 3.63) is 70.6 Å². The van der Waals surface area contributed by atoms with E-state index < -0.39 is 10.0 Å². The van der Waals surface area contributed by atoms with Gasteiger partial charge in [0.2, 0.25) is 15.9 Å². The molecule has 9 heteroatoms. The Morgan fingerprint density at radius 2 is 1.70 bits per heavy atom. The van der Waals surface area contributed by atoms with Crippen LogP contribution in [0.5, 0.6) is 0 Å². The predicted molar refractivity (Wildman–Crippen MR) is 126 cm³/mol. The van der Waals surface area contributed by atoms with Crippen LogP contribution in [0, 0.1) is 0 Å².